The van der Waals surface area contributed by atoms with Gasteiger partial charge in [-0.15, -0.1) is 0 Å². The van der Waals surface area contributed by atoms with Gasteiger partial charge < -0.3 is 15.4 Å². The molecule has 0 radical (unpaired) electrons. The molecule has 0 aliphatic rings. The Morgan fingerprint density at radius 1 is 1.50 bits per heavy atom. The van der Waals surface area contributed by atoms with Crippen molar-refractivity contribution >= 4 is 21.7 Å². The number of aryl methyl sites for hydroxylation is 1. The van der Waals surface area contributed by atoms with Gasteiger partial charge >= 0.3 is 0 Å². The largest absolute Gasteiger partial charge is 0.383 e. The fourth-order valence-electron chi connectivity index (χ4n) is 1.40. The Balaban J connectivity index is 2.78. The van der Waals surface area contributed by atoms with E-state index in [2.05, 4.69) is 31.9 Å². The summed E-state index contributed by atoms with van der Waals surface area (Å²) in [7, 11) is 1.70. The summed E-state index contributed by atoms with van der Waals surface area (Å²) < 4.78 is 6.10. The Labute approximate surface area is 105 Å². The van der Waals surface area contributed by atoms with Crippen LogP contribution in [0.15, 0.2) is 16.7 Å². The molecular formula is C11H18BrN3O. The molecule has 0 unspecified atom stereocenters. The van der Waals surface area contributed by atoms with E-state index in [0.29, 0.717) is 13.2 Å². The monoisotopic (exact) mass is 287 g/mol. The summed E-state index contributed by atoms with van der Waals surface area (Å²) in [5.41, 5.74) is 6.76. The minimum Gasteiger partial charge on any atom is -0.383 e. The van der Waals surface area contributed by atoms with Crippen LogP contribution < -0.4 is 10.6 Å². The molecule has 2 N–H and O–H groups in total. The predicted octanol–water partition coefficient (Wildman–Crippen LogP) is 1.56. The molecule has 1 aromatic rings. The van der Waals surface area contributed by atoms with Gasteiger partial charge in [0.2, 0.25) is 0 Å². The van der Waals surface area contributed by atoms with E-state index in [0.717, 1.165) is 23.4 Å². The van der Waals surface area contributed by atoms with E-state index in [4.69, 9.17) is 10.5 Å². The smallest absolute Gasteiger partial charge is 0.128 e. The topological polar surface area (TPSA) is 51.4 Å². The zero-order valence-electron chi connectivity index (χ0n) is 9.74. The Morgan fingerprint density at radius 3 is 2.81 bits per heavy atom. The Hall–Kier alpha value is -0.650. The lowest BCUT2D eigenvalue weighted by Crippen LogP contribution is -2.33. The Bertz CT molecular complexity index is 333. The van der Waals surface area contributed by atoms with Crippen molar-refractivity contribution in [3.63, 3.8) is 0 Å². The molecule has 90 valence electrons. The summed E-state index contributed by atoms with van der Waals surface area (Å²) in [4.78, 5) is 6.51. The SMILES string of the molecule is COCCN(CCN)c1cc(C)c(Br)cn1. The highest BCUT2D eigenvalue weighted by atomic mass is 79.9. The van der Waals surface area contributed by atoms with Crippen molar-refractivity contribution in [1.82, 2.24) is 4.98 Å². The molecule has 0 saturated heterocycles. The van der Waals surface area contributed by atoms with Gasteiger partial charge in [-0.2, -0.15) is 0 Å². The van der Waals surface area contributed by atoms with Crippen LogP contribution in [0.5, 0.6) is 0 Å². The van der Waals surface area contributed by atoms with Crippen LogP contribution in [-0.4, -0.2) is 38.3 Å². The van der Waals surface area contributed by atoms with Crippen LogP contribution in [0.4, 0.5) is 5.82 Å². The average Bonchev–Trinajstić information content (AvgIpc) is 2.28. The third-order valence-corrected chi connectivity index (χ3v) is 3.15. The van der Waals surface area contributed by atoms with Crippen molar-refractivity contribution in [3.8, 4) is 0 Å². The second-order valence-electron chi connectivity index (χ2n) is 3.56. The number of rotatable bonds is 6. The van der Waals surface area contributed by atoms with E-state index in [9.17, 15) is 0 Å². The predicted molar refractivity (Wildman–Crippen MR) is 69.8 cm³/mol. The molecule has 16 heavy (non-hydrogen) atoms. The molecule has 0 aliphatic carbocycles. The minimum absolute atomic E-state index is 0.612. The van der Waals surface area contributed by atoms with Gasteiger partial charge in [-0.25, -0.2) is 4.98 Å². The van der Waals surface area contributed by atoms with Crippen molar-refractivity contribution in [1.29, 1.82) is 0 Å². The van der Waals surface area contributed by atoms with Crippen LogP contribution >= 0.6 is 15.9 Å². The van der Waals surface area contributed by atoms with Crippen molar-refractivity contribution in [2.75, 3.05) is 38.3 Å². The lowest BCUT2D eigenvalue weighted by molar-refractivity contribution is 0.205. The molecule has 1 heterocycles. The fourth-order valence-corrected chi connectivity index (χ4v) is 1.61. The molecule has 0 aromatic carbocycles. The van der Waals surface area contributed by atoms with Gasteiger partial charge in [-0.05, 0) is 34.5 Å². The van der Waals surface area contributed by atoms with Crippen molar-refractivity contribution in [3.05, 3.63) is 22.3 Å². The standard InChI is InChI=1S/C11H18BrN3O/c1-9-7-11(14-8-10(9)12)15(4-3-13)5-6-16-2/h7-8H,3-6,13H2,1-2H3. The molecule has 0 amide bonds. The first-order valence-corrected chi connectivity index (χ1v) is 6.04. The molecule has 1 aromatic heterocycles. The highest BCUT2D eigenvalue weighted by molar-refractivity contribution is 9.10. The van der Waals surface area contributed by atoms with Gasteiger partial charge in [0.15, 0.2) is 0 Å². The third-order valence-electron chi connectivity index (χ3n) is 2.32. The molecule has 0 fully saturated rings. The Morgan fingerprint density at radius 2 is 2.25 bits per heavy atom. The van der Waals surface area contributed by atoms with E-state index >= 15 is 0 Å². The van der Waals surface area contributed by atoms with E-state index in [1.54, 1.807) is 7.11 Å². The van der Waals surface area contributed by atoms with Crippen LogP contribution in [0.3, 0.4) is 0 Å². The van der Waals surface area contributed by atoms with Gasteiger partial charge in [0.25, 0.3) is 0 Å². The van der Waals surface area contributed by atoms with Gasteiger partial charge in [-0.3, -0.25) is 0 Å². The number of hydrogen-bond donors (Lipinski definition) is 1. The van der Waals surface area contributed by atoms with Crippen LogP contribution in [0.25, 0.3) is 0 Å². The molecule has 1 rings (SSSR count). The summed E-state index contributed by atoms with van der Waals surface area (Å²) in [6, 6.07) is 2.05. The molecule has 5 heteroatoms. The lowest BCUT2D eigenvalue weighted by Gasteiger charge is -2.23. The molecule has 4 nitrogen and oxygen atoms in total. The number of pyridine rings is 1. The van der Waals surface area contributed by atoms with Gasteiger partial charge in [0, 0.05) is 37.4 Å². The number of hydrogen-bond acceptors (Lipinski definition) is 4. The number of anilines is 1. The van der Waals surface area contributed by atoms with Crippen molar-refractivity contribution < 1.29 is 4.74 Å². The maximum atomic E-state index is 5.59. The molecule has 0 aliphatic heterocycles. The number of halogens is 1. The first-order valence-electron chi connectivity index (χ1n) is 5.25. The second kappa shape index (κ2) is 6.83. The second-order valence-corrected chi connectivity index (χ2v) is 4.41. The van der Waals surface area contributed by atoms with Gasteiger partial charge in [0.05, 0.1) is 6.61 Å². The molecule has 0 spiro atoms. The summed E-state index contributed by atoms with van der Waals surface area (Å²) in [5, 5.41) is 0. The Kier molecular flexibility index (Phi) is 5.73. The maximum absolute atomic E-state index is 5.59. The van der Waals surface area contributed by atoms with Crippen LogP contribution in [0.1, 0.15) is 5.56 Å². The summed E-state index contributed by atoms with van der Waals surface area (Å²) in [5.74, 6) is 0.947. The number of nitrogens with zero attached hydrogens (tertiary/aromatic N) is 2. The highest BCUT2D eigenvalue weighted by Gasteiger charge is 2.07. The molecular weight excluding hydrogens is 270 g/mol. The van der Waals surface area contributed by atoms with Gasteiger partial charge in [-0.1, -0.05) is 0 Å². The van der Waals surface area contributed by atoms with Crippen LogP contribution in [0.2, 0.25) is 0 Å². The van der Waals surface area contributed by atoms with E-state index < -0.39 is 0 Å². The van der Waals surface area contributed by atoms with Crippen molar-refractivity contribution in [2.45, 2.75) is 6.92 Å². The zero-order valence-corrected chi connectivity index (χ0v) is 11.3. The van der Waals surface area contributed by atoms with Gasteiger partial charge in [0.1, 0.15) is 5.82 Å². The highest BCUT2D eigenvalue weighted by Crippen LogP contribution is 2.19. The average molecular weight is 288 g/mol. The lowest BCUT2D eigenvalue weighted by atomic mass is 10.3. The van der Waals surface area contributed by atoms with E-state index in [1.807, 2.05) is 13.1 Å². The summed E-state index contributed by atoms with van der Waals surface area (Å²) >= 11 is 3.44. The summed E-state index contributed by atoms with van der Waals surface area (Å²) in [6.07, 6.45) is 1.82. The van der Waals surface area contributed by atoms with Crippen molar-refractivity contribution in [2.24, 2.45) is 5.73 Å². The van der Waals surface area contributed by atoms with Crippen LogP contribution in [-0.2, 0) is 4.74 Å². The minimum atomic E-state index is 0.612. The third kappa shape index (κ3) is 3.73. The first-order chi connectivity index (χ1) is 7.69. The summed E-state index contributed by atoms with van der Waals surface area (Å²) in [6.45, 7) is 4.93. The molecule has 0 bridgehead atoms. The maximum Gasteiger partial charge on any atom is 0.128 e. The first kappa shape index (κ1) is 13.4. The molecule has 0 saturated carbocycles. The normalized spacial score (nSPS) is 10.5. The molecule has 0 atom stereocenters. The number of ether oxygens (including phenoxy) is 1. The van der Waals surface area contributed by atoms with Crippen LogP contribution in [0, 0.1) is 6.92 Å². The van der Waals surface area contributed by atoms with E-state index in [-0.39, 0.29) is 0 Å². The number of nitrogens with two attached hydrogens (primary N) is 1. The number of methoxy groups -OCH3 is 1. The fraction of sp³-hybridized carbons (Fsp3) is 0.545. The zero-order chi connectivity index (χ0) is 12.0. The van der Waals surface area contributed by atoms with E-state index in [1.165, 1.54) is 5.56 Å². The quantitative estimate of drug-likeness (QED) is 0.863. The number of aromatic nitrogens is 1.